The van der Waals surface area contributed by atoms with Gasteiger partial charge >= 0.3 is 17.9 Å². The largest absolute Gasteiger partial charge is 0.467 e. The number of fused-ring (bicyclic) bond motifs is 2. The highest BCUT2D eigenvalue weighted by Crippen LogP contribution is 2.73. The van der Waals surface area contributed by atoms with Gasteiger partial charge in [0.1, 0.15) is 42.7 Å². The molecule has 0 aromatic carbocycles. The van der Waals surface area contributed by atoms with E-state index < -0.39 is 126 Å². The van der Waals surface area contributed by atoms with Crippen LogP contribution in [-0.4, -0.2) is 147 Å². The van der Waals surface area contributed by atoms with Crippen LogP contribution in [0.4, 0.5) is 0 Å². The molecule has 17 atom stereocenters. The van der Waals surface area contributed by atoms with Gasteiger partial charge in [-0.25, -0.2) is 14.4 Å². The molecule has 6 aliphatic rings. The summed E-state index contributed by atoms with van der Waals surface area (Å²) in [4.78, 5) is 40.2. The van der Waals surface area contributed by atoms with Crippen molar-refractivity contribution in [1.29, 1.82) is 0 Å². The van der Waals surface area contributed by atoms with Crippen molar-refractivity contribution in [2.45, 2.75) is 107 Å². The van der Waals surface area contributed by atoms with E-state index in [9.17, 15) is 50.1 Å². The highest BCUT2D eigenvalue weighted by molar-refractivity contribution is 5.89. The number of aliphatic hydroxyl groups is 7. The molecule has 1 spiro atoms. The monoisotopic (exact) mass is 684 g/mol. The fourth-order valence-electron chi connectivity index (χ4n) is 9.79. The Labute approximate surface area is 275 Å². The topological polar surface area (TPSA) is 248 Å². The van der Waals surface area contributed by atoms with Crippen LogP contribution in [0.1, 0.15) is 34.1 Å². The normalized spacial score (nSPS) is 50.7. The fourth-order valence-corrected chi connectivity index (χ4v) is 9.79. The van der Waals surface area contributed by atoms with E-state index in [0.29, 0.717) is 11.1 Å². The van der Waals surface area contributed by atoms with Crippen molar-refractivity contribution >= 4 is 17.9 Å². The Morgan fingerprint density at radius 1 is 1.02 bits per heavy atom. The molecule has 48 heavy (non-hydrogen) atoms. The van der Waals surface area contributed by atoms with Gasteiger partial charge in [0.15, 0.2) is 6.29 Å². The van der Waals surface area contributed by atoms with E-state index in [4.69, 9.17) is 28.4 Å². The summed E-state index contributed by atoms with van der Waals surface area (Å²) in [6.07, 6.45) is -14.6. The second-order valence-corrected chi connectivity index (χ2v) is 14.4. The average Bonchev–Trinajstić information content (AvgIpc) is 3.34. The van der Waals surface area contributed by atoms with Crippen LogP contribution in [-0.2, 0) is 42.8 Å². The third-order valence-electron chi connectivity index (χ3n) is 11.8. The fraction of sp³-hybridized carbons (Fsp3) is 0.781. The quantitative estimate of drug-likeness (QED) is 0.0647. The third kappa shape index (κ3) is 4.61. The minimum atomic E-state index is -2.35. The smallest absolute Gasteiger partial charge is 0.348 e. The Kier molecular flexibility index (Phi) is 8.88. The predicted octanol–water partition coefficient (Wildman–Crippen LogP) is -2.78. The van der Waals surface area contributed by atoms with Crippen molar-refractivity contribution in [2.75, 3.05) is 20.3 Å². The summed E-state index contributed by atoms with van der Waals surface area (Å²) in [5, 5.41) is 77.0. The molecule has 7 N–H and O–H groups in total. The lowest BCUT2D eigenvalue weighted by molar-refractivity contribution is -0.330. The maximum Gasteiger partial charge on any atom is 0.348 e. The zero-order valence-corrected chi connectivity index (χ0v) is 27.2. The standard InChI is InChI=1S/C32H44O16/c1-11(2)6-17(34)48-22-24-31-10-44-32(24,29(42)43-5)26(40)21(38)23(31)30(4)13(8-16(31)47-27(22)41)12(3)7-14(25(30)39)45-28-20(37)19(36)18(35)15(9-33)46-28/h6-7,13-16,18-26,28,33,35-40H,8-10H2,1-5H3/t13-,14+,15+,16+,18+,19-,20+,21+,22+,23+,24+,25+,26-,28+,30-,31+,32+/m0/s1. The molecular weight excluding hydrogens is 640 g/mol. The molecule has 268 valence electrons. The summed E-state index contributed by atoms with van der Waals surface area (Å²) in [5.74, 6) is -6.18. The summed E-state index contributed by atoms with van der Waals surface area (Å²) in [6.45, 7) is 5.62. The highest BCUT2D eigenvalue weighted by Gasteiger charge is 2.85. The lowest BCUT2D eigenvalue weighted by Crippen LogP contribution is -2.80. The van der Waals surface area contributed by atoms with Crippen molar-refractivity contribution < 1.29 is 78.6 Å². The molecule has 3 heterocycles. The number of hydrogen-bond donors (Lipinski definition) is 7. The van der Waals surface area contributed by atoms with Crippen LogP contribution >= 0.6 is 0 Å². The first-order valence-electron chi connectivity index (χ1n) is 16.0. The van der Waals surface area contributed by atoms with Gasteiger partial charge in [-0.3, -0.25) is 0 Å². The second-order valence-electron chi connectivity index (χ2n) is 14.4. The molecule has 16 heteroatoms. The maximum absolute atomic E-state index is 13.7. The summed E-state index contributed by atoms with van der Waals surface area (Å²) >= 11 is 0. The number of esters is 3. The van der Waals surface area contributed by atoms with E-state index in [1.807, 2.05) is 0 Å². The molecule has 0 unspecified atom stereocenters. The van der Waals surface area contributed by atoms with E-state index in [2.05, 4.69) is 0 Å². The van der Waals surface area contributed by atoms with Gasteiger partial charge in [0.2, 0.25) is 11.7 Å². The third-order valence-corrected chi connectivity index (χ3v) is 11.8. The van der Waals surface area contributed by atoms with Gasteiger partial charge in [-0.15, -0.1) is 0 Å². The van der Waals surface area contributed by atoms with Gasteiger partial charge in [0, 0.05) is 22.8 Å². The number of allylic oxidation sites excluding steroid dienone is 2. The Morgan fingerprint density at radius 3 is 2.33 bits per heavy atom. The molecule has 0 radical (unpaired) electrons. The number of carbonyl (C=O) groups is 3. The van der Waals surface area contributed by atoms with Gasteiger partial charge in [0.05, 0.1) is 38.4 Å². The van der Waals surface area contributed by atoms with E-state index in [-0.39, 0.29) is 13.0 Å². The summed E-state index contributed by atoms with van der Waals surface area (Å²) in [5.41, 5.74) is -4.10. The molecule has 2 saturated carbocycles. The van der Waals surface area contributed by atoms with Gasteiger partial charge in [-0.1, -0.05) is 24.1 Å². The summed E-state index contributed by atoms with van der Waals surface area (Å²) < 4.78 is 34.3. The number of hydrogen-bond acceptors (Lipinski definition) is 16. The first kappa shape index (κ1) is 35.3. The molecule has 5 fully saturated rings. The van der Waals surface area contributed by atoms with Crippen LogP contribution in [0.25, 0.3) is 0 Å². The number of carbonyl (C=O) groups excluding carboxylic acids is 3. The van der Waals surface area contributed by atoms with Crippen LogP contribution in [0.5, 0.6) is 0 Å². The number of ether oxygens (including phenoxy) is 6. The Hall–Kier alpha value is -2.51. The highest BCUT2D eigenvalue weighted by atomic mass is 16.7. The summed E-state index contributed by atoms with van der Waals surface area (Å²) in [6, 6.07) is 0. The molecule has 3 saturated heterocycles. The molecule has 0 aromatic heterocycles. The van der Waals surface area contributed by atoms with E-state index in [0.717, 1.165) is 13.2 Å². The zero-order chi connectivity index (χ0) is 35.2. The summed E-state index contributed by atoms with van der Waals surface area (Å²) in [7, 11) is 1.05. The van der Waals surface area contributed by atoms with E-state index in [1.54, 1.807) is 33.8 Å². The van der Waals surface area contributed by atoms with Crippen LogP contribution < -0.4 is 0 Å². The van der Waals surface area contributed by atoms with E-state index in [1.165, 1.54) is 0 Å². The van der Waals surface area contributed by atoms with Gasteiger partial charge in [-0.05, 0) is 33.1 Å². The van der Waals surface area contributed by atoms with Crippen LogP contribution in [0.3, 0.4) is 0 Å². The minimum Gasteiger partial charge on any atom is -0.467 e. The molecule has 3 aliphatic heterocycles. The predicted molar refractivity (Wildman–Crippen MR) is 156 cm³/mol. The van der Waals surface area contributed by atoms with Gasteiger partial charge < -0.3 is 64.2 Å². The number of methoxy groups -OCH3 is 1. The van der Waals surface area contributed by atoms with E-state index >= 15 is 0 Å². The van der Waals surface area contributed by atoms with Gasteiger partial charge in [0.25, 0.3) is 0 Å². The van der Waals surface area contributed by atoms with Crippen molar-refractivity contribution in [3.63, 3.8) is 0 Å². The maximum atomic E-state index is 13.7. The Balaban J connectivity index is 1.46. The minimum absolute atomic E-state index is 0.0828. The molecule has 3 aliphatic carbocycles. The van der Waals surface area contributed by atoms with Crippen molar-refractivity contribution in [3.05, 3.63) is 23.3 Å². The van der Waals surface area contributed by atoms with Gasteiger partial charge in [-0.2, -0.15) is 0 Å². The Bertz CT molecular complexity index is 1390. The lowest BCUT2D eigenvalue weighted by atomic mass is 9.37. The molecule has 6 rings (SSSR count). The van der Waals surface area contributed by atoms with Crippen molar-refractivity contribution in [3.8, 4) is 0 Å². The Morgan fingerprint density at radius 2 is 1.71 bits per heavy atom. The SMILES string of the molecule is COC(=O)[C@]12OC[C@]34[C@H]([C@@H](O)[C@@H]1O)[C@@]1(C)[C@H](O)[C@H](O[C@@H]5O[C@H](CO)[C@@H](O)[C@H](O)[C@H]5O)C=C(C)[C@@H]1C[C@H]3OC(=O)[C@H](OC(=O)C=C(C)C)[C@@H]24. The molecule has 16 nitrogen and oxygen atoms in total. The number of rotatable bonds is 6. The molecular formula is C32H44O16. The van der Waals surface area contributed by atoms with Crippen molar-refractivity contribution in [2.24, 2.45) is 28.6 Å². The van der Waals surface area contributed by atoms with Crippen molar-refractivity contribution in [1.82, 2.24) is 0 Å². The first-order valence-corrected chi connectivity index (χ1v) is 16.0. The molecule has 0 aromatic rings. The number of aliphatic hydroxyl groups excluding tert-OH is 7. The molecule has 0 amide bonds. The zero-order valence-electron chi connectivity index (χ0n) is 27.2. The first-order chi connectivity index (χ1) is 22.5. The van der Waals surface area contributed by atoms with Crippen LogP contribution in [0.15, 0.2) is 23.3 Å². The van der Waals surface area contributed by atoms with Crippen LogP contribution in [0.2, 0.25) is 0 Å². The second kappa shape index (κ2) is 12.1. The average molecular weight is 685 g/mol. The molecule has 2 bridgehead atoms. The van der Waals surface area contributed by atoms with Crippen LogP contribution in [0, 0.1) is 28.6 Å². The lowest BCUT2D eigenvalue weighted by Gasteiger charge is -2.68.